The number of benzene rings is 1. The first-order chi connectivity index (χ1) is 15.3. The van der Waals surface area contributed by atoms with E-state index in [0.29, 0.717) is 19.4 Å². The Labute approximate surface area is 186 Å². The Kier molecular flexibility index (Phi) is 7.45. The van der Waals surface area contributed by atoms with E-state index in [2.05, 4.69) is 5.32 Å². The van der Waals surface area contributed by atoms with Crippen LogP contribution in [-0.4, -0.2) is 52.2 Å². The van der Waals surface area contributed by atoms with Crippen LogP contribution in [0, 0.1) is 12.8 Å². The van der Waals surface area contributed by atoms with E-state index in [4.69, 9.17) is 4.42 Å². The number of carboxylic acid groups (broad SMARTS) is 1. The number of carbonyl (C=O) groups is 4. The smallest absolute Gasteiger partial charge is 0.326 e. The largest absolute Gasteiger partial charge is 0.480 e. The summed E-state index contributed by atoms with van der Waals surface area (Å²) in [6, 6.07) is 9.04. The van der Waals surface area contributed by atoms with Crippen LogP contribution in [0.1, 0.15) is 47.9 Å². The first-order valence-corrected chi connectivity index (χ1v) is 10.7. The third kappa shape index (κ3) is 5.63. The molecule has 2 N–H and O–H groups in total. The van der Waals surface area contributed by atoms with Crippen LogP contribution in [0.2, 0.25) is 0 Å². The summed E-state index contributed by atoms with van der Waals surface area (Å²) in [7, 11) is 0. The van der Waals surface area contributed by atoms with Gasteiger partial charge in [-0.2, -0.15) is 0 Å². The number of hydrogen-bond acceptors (Lipinski definition) is 5. The van der Waals surface area contributed by atoms with Gasteiger partial charge in [0.2, 0.25) is 5.91 Å². The fourth-order valence-electron chi connectivity index (χ4n) is 3.94. The van der Waals surface area contributed by atoms with Gasteiger partial charge in [0, 0.05) is 18.9 Å². The molecule has 1 fully saturated rings. The fourth-order valence-corrected chi connectivity index (χ4v) is 3.94. The number of ketones is 1. The number of likely N-dealkylation sites (tertiary alicyclic amines) is 1. The average molecular weight is 440 g/mol. The summed E-state index contributed by atoms with van der Waals surface area (Å²) in [4.78, 5) is 51.2. The van der Waals surface area contributed by atoms with Crippen LogP contribution in [0.4, 0.5) is 0 Å². The molecule has 2 aromatic rings. The lowest BCUT2D eigenvalue weighted by Gasteiger charge is -2.25. The first-order valence-electron chi connectivity index (χ1n) is 10.7. The maximum atomic E-state index is 13.1. The summed E-state index contributed by atoms with van der Waals surface area (Å²) in [5, 5.41) is 12.1. The third-order valence-corrected chi connectivity index (χ3v) is 5.75. The molecular formula is C24H28N2O6. The van der Waals surface area contributed by atoms with Gasteiger partial charge in [0.15, 0.2) is 11.5 Å². The predicted molar refractivity (Wildman–Crippen MR) is 116 cm³/mol. The molecule has 170 valence electrons. The van der Waals surface area contributed by atoms with E-state index in [0.717, 1.165) is 11.1 Å². The fraction of sp³-hybridized carbons (Fsp3) is 0.417. The summed E-state index contributed by atoms with van der Waals surface area (Å²) >= 11 is 0. The average Bonchev–Trinajstić information content (AvgIpc) is 3.46. The van der Waals surface area contributed by atoms with Gasteiger partial charge in [0.25, 0.3) is 5.91 Å². The minimum Gasteiger partial charge on any atom is -0.480 e. The molecule has 1 saturated heterocycles. The van der Waals surface area contributed by atoms with E-state index in [1.807, 2.05) is 31.2 Å². The number of aliphatic carboxylic acids is 1. The molecule has 0 aliphatic carbocycles. The third-order valence-electron chi connectivity index (χ3n) is 5.75. The van der Waals surface area contributed by atoms with Crippen molar-refractivity contribution in [1.82, 2.24) is 10.2 Å². The van der Waals surface area contributed by atoms with Crippen LogP contribution < -0.4 is 5.32 Å². The summed E-state index contributed by atoms with van der Waals surface area (Å²) < 4.78 is 5.12. The molecule has 3 rings (SSSR count). The Morgan fingerprint density at radius 2 is 1.91 bits per heavy atom. The van der Waals surface area contributed by atoms with Crippen LogP contribution in [0.5, 0.6) is 0 Å². The summed E-state index contributed by atoms with van der Waals surface area (Å²) in [5.41, 5.74) is 1.95. The minimum atomic E-state index is -1.03. The molecule has 2 unspecified atom stereocenters. The monoisotopic (exact) mass is 440 g/mol. The van der Waals surface area contributed by atoms with Crippen molar-refractivity contribution >= 4 is 23.6 Å². The number of furan rings is 1. The van der Waals surface area contributed by atoms with Gasteiger partial charge < -0.3 is 19.7 Å². The van der Waals surface area contributed by atoms with E-state index >= 15 is 0 Å². The van der Waals surface area contributed by atoms with E-state index in [1.165, 1.54) is 17.2 Å². The zero-order valence-electron chi connectivity index (χ0n) is 18.2. The number of carboxylic acids is 1. The maximum Gasteiger partial charge on any atom is 0.326 e. The number of hydrogen-bond donors (Lipinski definition) is 2. The van der Waals surface area contributed by atoms with Crippen molar-refractivity contribution in [2.75, 3.05) is 6.54 Å². The number of carbonyl (C=O) groups excluding carboxylic acids is 3. The van der Waals surface area contributed by atoms with E-state index in [1.54, 1.807) is 13.0 Å². The molecule has 1 aromatic carbocycles. The standard InChI is InChI=1S/C24H28N2O6/c1-15-7-9-17(10-8-15)14-18(25-22(28)21-6-4-12-32-21)20(27)13-16(2)23(29)26-11-3-5-19(26)24(30)31/h4,6-10,12,16,18-19H,3,5,11,13-14H2,1-2H3,(H,25,28)(H,30,31)/t16?,18?,19-/m0/s1. The lowest BCUT2D eigenvalue weighted by Crippen LogP contribution is -2.46. The van der Waals surface area contributed by atoms with Gasteiger partial charge in [-0.25, -0.2) is 4.79 Å². The Balaban J connectivity index is 1.71. The maximum absolute atomic E-state index is 13.1. The molecule has 1 aromatic heterocycles. The Bertz CT molecular complexity index is 967. The van der Waals surface area contributed by atoms with Gasteiger partial charge in [0.1, 0.15) is 6.04 Å². The lowest BCUT2D eigenvalue weighted by atomic mass is 9.94. The molecule has 1 aliphatic rings. The Morgan fingerprint density at radius 1 is 1.19 bits per heavy atom. The molecule has 0 saturated carbocycles. The SMILES string of the molecule is Cc1ccc(CC(NC(=O)c2ccco2)C(=O)CC(C)C(=O)N2CCC[C@H]2C(=O)O)cc1. The normalized spacial score (nSPS) is 17.6. The van der Waals surface area contributed by atoms with Gasteiger partial charge >= 0.3 is 5.97 Å². The Hall–Kier alpha value is -3.42. The van der Waals surface area contributed by atoms with Gasteiger partial charge in [-0.05, 0) is 43.9 Å². The molecule has 3 atom stereocenters. The number of Topliss-reactive ketones (excluding diaryl/α,β-unsaturated/α-hetero) is 1. The van der Waals surface area contributed by atoms with Crippen LogP contribution in [0.25, 0.3) is 0 Å². The molecule has 2 amide bonds. The number of rotatable bonds is 9. The van der Waals surface area contributed by atoms with E-state index in [-0.39, 0.29) is 30.3 Å². The first kappa shape index (κ1) is 23.2. The lowest BCUT2D eigenvalue weighted by molar-refractivity contribution is -0.150. The zero-order valence-corrected chi connectivity index (χ0v) is 18.2. The van der Waals surface area contributed by atoms with Gasteiger partial charge in [-0.1, -0.05) is 36.8 Å². The quantitative estimate of drug-likeness (QED) is 0.619. The van der Waals surface area contributed by atoms with Crippen molar-refractivity contribution in [3.63, 3.8) is 0 Å². The van der Waals surface area contributed by atoms with Crippen LogP contribution >= 0.6 is 0 Å². The van der Waals surface area contributed by atoms with Crippen molar-refractivity contribution in [3.05, 3.63) is 59.5 Å². The van der Waals surface area contributed by atoms with Crippen LogP contribution in [-0.2, 0) is 20.8 Å². The van der Waals surface area contributed by atoms with Crippen molar-refractivity contribution < 1.29 is 28.7 Å². The molecule has 1 aliphatic heterocycles. The predicted octanol–water partition coefficient (Wildman–Crippen LogP) is 2.60. The molecule has 8 heteroatoms. The van der Waals surface area contributed by atoms with Gasteiger partial charge in [0.05, 0.1) is 12.3 Å². The van der Waals surface area contributed by atoms with Gasteiger partial charge in [-0.3, -0.25) is 14.4 Å². The highest BCUT2D eigenvalue weighted by Gasteiger charge is 2.37. The van der Waals surface area contributed by atoms with Crippen molar-refractivity contribution in [2.45, 2.75) is 51.6 Å². The number of nitrogens with zero attached hydrogens (tertiary/aromatic N) is 1. The summed E-state index contributed by atoms with van der Waals surface area (Å²) in [5.74, 6) is -2.78. The highest BCUT2D eigenvalue weighted by Crippen LogP contribution is 2.22. The molecule has 0 radical (unpaired) electrons. The second-order valence-corrected chi connectivity index (χ2v) is 8.29. The molecule has 0 bridgehead atoms. The Morgan fingerprint density at radius 3 is 2.53 bits per heavy atom. The number of aryl methyl sites for hydroxylation is 1. The number of amides is 2. The van der Waals surface area contributed by atoms with E-state index < -0.39 is 29.9 Å². The zero-order chi connectivity index (χ0) is 23.3. The highest BCUT2D eigenvalue weighted by atomic mass is 16.4. The van der Waals surface area contributed by atoms with Crippen molar-refractivity contribution in [1.29, 1.82) is 0 Å². The molecule has 0 spiro atoms. The van der Waals surface area contributed by atoms with Crippen molar-refractivity contribution in [3.8, 4) is 0 Å². The molecule has 32 heavy (non-hydrogen) atoms. The topological polar surface area (TPSA) is 117 Å². The molecule has 8 nitrogen and oxygen atoms in total. The summed E-state index contributed by atoms with van der Waals surface area (Å²) in [6.45, 7) is 3.95. The van der Waals surface area contributed by atoms with Crippen LogP contribution in [0.3, 0.4) is 0 Å². The summed E-state index contributed by atoms with van der Waals surface area (Å²) in [6.07, 6.45) is 2.58. The number of nitrogens with one attached hydrogen (secondary N) is 1. The van der Waals surface area contributed by atoms with E-state index in [9.17, 15) is 24.3 Å². The van der Waals surface area contributed by atoms with Gasteiger partial charge in [-0.15, -0.1) is 0 Å². The van der Waals surface area contributed by atoms with Crippen LogP contribution in [0.15, 0.2) is 47.1 Å². The molecular weight excluding hydrogens is 412 g/mol. The van der Waals surface area contributed by atoms with Crippen molar-refractivity contribution in [2.24, 2.45) is 5.92 Å². The highest BCUT2D eigenvalue weighted by molar-refractivity contribution is 5.97. The molecule has 2 heterocycles. The second kappa shape index (κ2) is 10.3. The minimum absolute atomic E-state index is 0.0946. The second-order valence-electron chi connectivity index (χ2n) is 8.29.